The van der Waals surface area contributed by atoms with Gasteiger partial charge in [0.25, 0.3) is 5.91 Å². The maximum absolute atomic E-state index is 12.9. The number of halogens is 1. The summed E-state index contributed by atoms with van der Waals surface area (Å²) in [6.45, 7) is 3.60. The Morgan fingerprint density at radius 1 is 1.29 bits per heavy atom. The minimum atomic E-state index is -0.175. The first-order chi connectivity index (χ1) is 11.7. The van der Waals surface area contributed by atoms with Gasteiger partial charge in [0.1, 0.15) is 11.5 Å². The second kappa shape index (κ2) is 8.06. The van der Waals surface area contributed by atoms with Crippen LogP contribution in [0.15, 0.2) is 36.8 Å². The third kappa shape index (κ3) is 4.64. The Kier molecular flexibility index (Phi) is 5.59. The van der Waals surface area contributed by atoms with E-state index >= 15 is 0 Å². The van der Waals surface area contributed by atoms with Crippen molar-refractivity contribution in [3.8, 4) is 0 Å². The van der Waals surface area contributed by atoms with E-state index in [0.29, 0.717) is 18.2 Å². The van der Waals surface area contributed by atoms with Gasteiger partial charge < -0.3 is 15.2 Å². The normalized spacial score (nSPS) is 16.2. The van der Waals surface area contributed by atoms with Crippen molar-refractivity contribution in [3.05, 3.63) is 53.9 Å². The molecule has 0 aliphatic carbocycles. The zero-order valence-corrected chi connectivity index (χ0v) is 13.7. The zero-order chi connectivity index (χ0) is 16.8. The second-order valence-corrected chi connectivity index (χ2v) is 6.34. The summed E-state index contributed by atoms with van der Waals surface area (Å²) in [7, 11) is 0. The lowest BCUT2D eigenvalue weighted by Gasteiger charge is -2.32. The molecule has 3 rings (SSSR count). The number of aromatic amines is 1. The second-order valence-electron chi connectivity index (χ2n) is 6.34. The Bertz CT molecular complexity index is 634. The highest BCUT2D eigenvalue weighted by molar-refractivity contribution is 5.91. The van der Waals surface area contributed by atoms with Gasteiger partial charge in [0.15, 0.2) is 0 Å². The monoisotopic (exact) mass is 330 g/mol. The Morgan fingerprint density at radius 3 is 2.71 bits per heavy atom. The number of benzene rings is 1. The Balaban J connectivity index is 1.34. The maximum atomic E-state index is 12.9. The molecule has 24 heavy (non-hydrogen) atoms. The SMILES string of the molecule is O=C(NCCN1CCC(Cc2ccc(F)cc2)CC1)c1cnc[nH]1. The molecule has 2 heterocycles. The van der Waals surface area contributed by atoms with E-state index in [9.17, 15) is 9.18 Å². The lowest BCUT2D eigenvalue weighted by molar-refractivity contribution is 0.0939. The molecular weight excluding hydrogens is 307 g/mol. The Hall–Kier alpha value is -2.21. The minimum absolute atomic E-state index is 0.112. The number of nitrogens with one attached hydrogen (secondary N) is 2. The van der Waals surface area contributed by atoms with Crippen LogP contribution in [-0.2, 0) is 6.42 Å². The van der Waals surface area contributed by atoms with Crippen LogP contribution in [0.3, 0.4) is 0 Å². The van der Waals surface area contributed by atoms with Crippen LogP contribution in [-0.4, -0.2) is 47.0 Å². The van der Waals surface area contributed by atoms with E-state index in [1.165, 1.54) is 30.2 Å². The molecule has 1 aromatic carbocycles. The highest BCUT2D eigenvalue weighted by Crippen LogP contribution is 2.21. The zero-order valence-electron chi connectivity index (χ0n) is 13.7. The predicted molar refractivity (Wildman–Crippen MR) is 90.2 cm³/mol. The van der Waals surface area contributed by atoms with E-state index in [2.05, 4.69) is 20.2 Å². The summed E-state index contributed by atoms with van der Waals surface area (Å²) in [6, 6.07) is 6.83. The average molecular weight is 330 g/mol. The topological polar surface area (TPSA) is 61.0 Å². The number of hydrogen-bond acceptors (Lipinski definition) is 3. The summed E-state index contributed by atoms with van der Waals surface area (Å²) in [6.07, 6.45) is 6.33. The molecule has 6 heteroatoms. The van der Waals surface area contributed by atoms with Crippen LogP contribution in [0.1, 0.15) is 28.9 Å². The summed E-state index contributed by atoms with van der Waals surface area (Å²) in [5.74, 6) is 0.371. The van der Waals surface area contributed by atoms with Crippen molar-refractivity contribution >= 4 is 5.91 Å². The van der Waals surface area contributed by atoms with Crippen molar-refractivity contribution in [1.82, 2.24) is 20.2 Å². The molecule has 5 nitrogen and oxygen atoms in total. The van der Waals surface area contributed by atoms with Crippen molar-refractivity contribution in [3.63, 3.8) is 0 Å². The molecule has 0 radical (unpaired) electrons. The molecular formula is C18H23FN4O. The average Bonchev–Trinajstić information content (AvgIpc) is 3.13. The van der Waals surface area contributed by atoms with Crippen LogP contribution < -0.4 is 5.32 Å². The van der Waals surface area contributed by atoms with Crippen LogP contribution in [0.2, 0.25) is 0 Å². The minimum Gasteiger partial charge on any atom is -0.349 e. The van der Waals surface area contributed by atoms with Crippen molar-refractivity contribution in [2.75, 3.05) is 26.2 Å². The van der Waals surface area contributed by atoms with Crippen molar-refractivity contribution < 1.29 is 9.18 Å². The van der Waals surface area contributed by atoms with E-state index in [4.69, 9.17) is 0 Å². The van der Waals surface area contributed by atoms with Gasteiger partial charge in [-0.15, -0.1) is 0 Å². The fourth-order valence-electron chi connectivity index (χ4n) is 3.17. The molecule has 128 valence electrons. The summed E-state index contributed by atoms with van der Waals surface area (Å²) >= 11 is 0. The lowest BCUT2D eigenvalue weighted by Crippen LogP contribution is -2.40. The molecule has 0 atom stereocenters. The van der Waals surface area contributed by atoms with Crippen LogP contribution in [0.25, 0.3) is 0 Å². The first-order valence-corrected chi connectivity index (χ1v) is 8.44. The van der Waals surface area contributed by atoms with Crippen LogP contribution >= 0.6 is 0 Å². The van der Waals surface area contributed by atoms with E-state index < -0.39 is 0 Å². The highest BCUT2D eigenvalue weighted by atomic mass is 19.1. The predicted octanol–water partition coefficient (Wildman–Crippen LogP) is 2.23. The lowest BCUT2D eigenvalue weighted by atomic mass is 9.90. The van der Waals surface area contributed by atoms with Gasteiger partial charge in [-0.05, 0) is 56.0 Å². The number of carbonyl (C=O) groups is 1. The number of piperidine rings is 1. The molecule has 1 aromatic heterocycles. The van der Waals surface area contributed by atoms with Gasteiger partial charge in [0.05, 0.1) is 12.5 Å². The van der Waals surface area contributed by atoms with Gasteiger partial charge in [0.2, 0.25) is 0 Å². The van der Waals surface area contributed by atoms with Gasteiger partial charge >= 0.3 is 0 Å². The van der Waals surface area contributed by atoms with Crippen LogP contribution in [0, 0.1) is 11.7 Å². The van der Waals surface area contributed by atoms with Gasteiger partial charge in [-0.25, -0.2) is 9.37 Å². The number of likely N-dealkylation sites (tertiary alicyclic amines) is 1. The smallest absolute Gasteiger partial charge is 0.269 e. The first-order valence-electron chi connectivity index (χ1n) is 8.44. The van der Waals surface area contributed by atoms with E-state index in [1.54, 1.807) is 0 Å². The maximum Gasteiger partial charge on any atom is 0.269 e. The number of carbonyl (C=O) groups excluding carboxylic acids is 1. The number of rotatable bonds is 6. The molecule has 0 spiro atoms. The molecule has 2 aromatic rings. The number of H-pyrrole nitrogens is 1. The van der Waals surface area contributed by atoms with Gasteiger partial charge in [-0.2, -0.15) is 0 Å². The largest absolute Gasteiger partial charge is 0.349 e. The molecule has 2 N–H and O–H groups in total. The fourth-order valence-corrected chi connectivity index (χ4v) is 3.17. The van der Waals surface area contributed by atoms with Gasteiger partial charge in [-0.1, -0.05) is 12.1 Å². The molecule has 1 aliphatic heterocycles. The molecule has 0 bridgehead atoms. The number of amides is 1. The van der Waals surface area contributed by atoms with Crippen LogP contribution in [0.4, 0.5) is 4.39 Å². The van der Waals surface area contributed by atoms with Crippen molar-refractivity contribution in [2.24, 2.45) is 5.92 Å². The summed E-state index contributed by atoms with van der Waals surface area (Å²) in [5.41, 5.74) is 1.70. The fraction of sp³-hybridized carbons (Fsp3) is 0.444. The standard InChI is InChI=1S/C18H23FN4O/c19-16-3-1-14(2-4-16)11-15-5-8-23(9-6-15)10-7-21-18(24)17-12-20-13-22-17/h1-4,12-13,15H,5-11H2,(H,20,22)(H,21,24). The molecule has 1 amide bonds. The molecule has 0 unspecified atom stereocenters. The quantitative estimate of drug-likeness (QED) is 0.854. The number of nitrogens with zero attached hydrogens (tertiary/aromatic N) is 2. The molecule has 0 saturated carbocycles. The summed E-state index contributed by atoms with van der Waals surface area (Å²) in [4.78, 5) is 20.8. The van der Waals surface area contributed by atoms with E-state index in [-0.39, 0.29) is 11.7 Å². The number of aromatic nitrogens is 2. The number of hydrogen-bond donors (Lipinski definition) is 2. The summed E-state index contributed by atoms with van der Waals surface area (Å²) in [5, 5.41) is 2.90. The Labute approximate surface area is 141 Å². The first kappa shape index (κ1) is 16.6. The summed E-state index contributed by atoms with van der Waals surface area (Å²) < 4.78 is 12.9. The van der Waals surface area contributed by atoms with E-state index in [1.807, 2.05) is 12.1 Å². The molecule has 1 fully saturated rings. The molecule has 1 saturated heterocycles. The van der Waals surface area contributed by atoms with E-state index in [0.717, 1.165) is 38.9 Å². The van der Waals surface area contributed by atoms with Crippen molar-refractivity contribution in [2.45, 2.75) is 19.3 Å². The van der Waals surface area contributed by atoms with Crippen LogP contribution in [0.5, 0.6) is 0 Å². The third-order valence-electron chi connectivity index (χ3n) is 4.60. The number of imidazole rings is 1. The Morgan fingerprint density at radius 2 is 2.04 bits per heavy atom. The van der Waals surface area contributed by atoms with Gasteiger partial charge in [-0.3, -0.25) is 4.79 Å². The molecule has 1 aliphatic rings. The van der Waals surface area contributed by atoms with Crippen molar-refractivity contribution in [1.29, 1.82) is 0 Å². The highest BCUT2D eigenvalue weighted by Gasteiger charge is 2.19. The van der Waals surface area contributed by atoms with Gasteiger partial charge in [0, 0.05) is 13.1 Å². The third-order valence-corrected chi connectivity index (χ3v) is 4.60.